The maximum absolute atomic E-state index is 11.8. The van der Waals surface area contributed by atoms with Gasteiger partial charge in [-0.15, -0.1) is 12.4 Å². The van der Waals surface area contributed by atoms with Gasteiger partial charge in [0.2, 0.25) is 10.0 Å². The molecule has 1 amide bonds. The number of ether oxygens (including phenoxy) is 1. The van der Waals surface area contributed by atoms with E-state index >= 15 is 0 Å². The second-order valence-corrected chi connectivity index (χ2v) is 10.6. The lowest BCUT2D eigenvalue weighted by Gasteiger charge is -2.21. The highest BCUT2D eigenvalue weighted by molar-refractivity contribution is 7.92. The Morgan fingerprint density at radius 3 is 2.63 bits per heavy atom. The van der Waals surface area contributed by atoms with Crippen molar-refractivity contribution < 1.29 is 28.2 Å². The highest BCUT2D eigenvalue weighted by atomic mass is 35.5. The summed E-state index contributed by atoms with van der Waals surface area (Å²) in [6.07, 6.45) is 3.77. The molecule has 0 bridgehead atoms. The Morgan fingerprint density at radius 1 is 1.20 bits per heavy atom. The number of aliphatic hydroxyl groups excluding tert-OH is 1. The van der Waals surface area contributed by atoms with Crippen molar-refractivity contribution in [3.05, 3.63) is 53.1 Å². The minimum Gasteiger partial charge on any atom is -0.506 e. The van der Waals surface area contributed by atoms with E-state index in [2.05, 4.69) is 16.1 Å². The summed E-state index contributed by atoms with van der Waals surface area (Å²) in [5, 5.41) is 24.0. The molecule has 9 nitrogen and oxygen atoms in total. The summed E-state index contributed by atoms with van der Waals surface area (Å²) in [5.41, 5.74) is 2.93. The van der Waals surface area contributed by atoms with Crippen molar-refractivity contribution in [2.45, 2.75) is 37.8 Å². The summed E-state index contributed by atoms with van der Waals surface area (Å²) in [5.74, 6) is 0.345. The van der Waals surface area contributed by atoms with Crippen LogP contribution in [0.2, 0.25) is 0 Å². The summed E-state index contributed by atoms with van der Waals surface area (Å²) in [6, 6.07) is 10.4. The molecule has 4 N–H and O–H groups in total. The van der Waals surface area contributed by atoms with Gasteiger partial charge in [0, 0.05) is 26.7 Å². The Labute approximate surface area is 212 Å². The second-order valence-electron chi connectivity index (χ2n) is 8.88. The smallest absolute Gasteiger partial charge is 0.259 e. The molecule has 0 radical (unpaired) electrons. The quantitative estimate of drug-likeness (QED) is 0.291. The Morgan fingerprint density at radius 2 is 1.94 bits per heavy atom. The van der Waals surface area contributed by atoms with E-state index in [9.17, 15) is 23.4 Å². The Bertz CT molecular complexity index is 1130. The Hall–Kier alpha value is -2.53. The van der Waals surface area contributed by atoms with Crippen molar-refractivity contribution >= 4 is 34.0 Å². The van der Waals surface area contributed by atoms with E-state index in [1.165, 1.54) is 22.6 Å². The third kappa shape index (κ3) is 8.57. The molecule has 0 fully saturated rings. The summed E-state index contributed by atoms with van der Waals surface area (Å²) in [4.78, 5) is 13.3. The van der Waals surface area contributed by atoms with Gasteiger partial charge in [0.05, 0.1) is 18.0 Å². The van der Waals surface area contributed by atoms with Crippen LogP contribution in [0.25, 0.3) is 0 Å². The van der Waals surface area contributed by atoms with E-state index in [0.29, 0.717) is 11.3 Å². The predicted molar refractivity (Wildman–Crippen MR) is 138 cm³/mol. The van der Waals surface area contributed by atoms with Crippen LogP contribution in [0.15, 0.2) is 36.4 Å². The third-order valence-electron chi connectivity index (χ3n) is 5.80. The maximum Gasteiger partial charge on any atom is 0.259 e. The van der Waals surface area contributed by atoms with E-state index in [1.54, 1.807) is 20.2 Å². The molecule has 2 aromatic rings. The van der Waals surface area contributed by atoms with Crippen LogP contribution in [0.3, 0.4) is 0 Å². The Balaban J connectivity index is 0.00000432. The monoisotopic (exact) mass is 527 g/mol. The number of aromatic hydroxyl groups is 1. The van der Waals surface area contributed by atoms with Crippen LogP contribution in [0.1, 0.15) is 35.6 Å². The number of aliphatic hydroxyl groups is 1. The topological polar surface area (TPSA) is 128 Å². The van der Waals surface area contributed by atoms with Gasteiger partial charge in [-0.1, -0.05) is 12.1 Å². The van der Waals surface area contributed by atoms with Crippen LogP contribution in [0.4, 0.5) is 5.69 Å². The molecule has 1 unspecified atom stereocenters. The number of aryl methyl sites for hydroxylation is 1. The fourth-order valence-electron chi connectivity index (χ4n) is 3.92. The van der Waals surface area contributed by atoms with Crippen LogP contribution in [-0.2, 0) is 27.7 Å². The molecule has 1 aliphatic carbocycles. The Kier molecular flexibility index (Phi) is 10.2. The molecule has 1 aliphatic rings. The average molecular weight is 528 g/mol. The number of nitrogens with one attached hydrogen (secondary N) is 2. The number of halogens is 1. The summed E-state index contributed by atoms with van der Waals surface area (Å²) < 4.78 is 30.9. The summed E-state index contributed by atoms with van der Waals surface area (Å²) >= 11 is 0. The number of benzene rings is 2. The molecule has 0 spiro atoms. The number of sulfonamides is 1. The van der Waals surface area contributed by atoms with Gasteiger partial charge >= 0.3 is 0 Å². The van der Waals surface area contributed by atoms with Gasteiger partial charge in [-0.3, -0.25) is 9.52 Å². The number of hydrogen-bond donors (Lipinski definition) is 4. The van der Waals surface area contributed by atoms with Crippen molar-refractivity contribution in [1.29, 1.82) is 0 Å². The summed E-state index contributed by atoms with van der Waals surface area (Å²) in [7, 11) is -0.181. The largest absolute Gasteiger partial charge is 0.506 e. The number of rotatable bonds is 9. The van der Waals surface area contributed by atoms with E-state index in [0.717, 1.165) is 37.5 Å². The minimum atomic E-state index is -3.56. The number of nitrogens with zero attached hydrogens (tertiary/aromatic N) is 1. The highest BCUT2D eigenvalue weighted by Gasteiger charge is 2.20. The fourth-order valence-corrected chi connectivity index (χ4v) is 4.48. The van der Waals surface area contributed by atoms with E-state index in [4.69, 9.17) is 4.74 Å². The van der Waals surface area contributed by atoms with Gasteiger partial charge in [0.25, 0.3) is 5.91 Å². The lowest BCUT2D eigenvalue weighted by atomic mass is 10.0. The normalized spacial score (nSPS) is 16.3. The van der Waals surface area contributed by atoms with Gasteiger partial charge < -0.3 is 25.2 Å². The number of anilines is 1. The van der Waals surface area contributed by atoms with Crippen molar-refractivity contribution in [3.63, 3.8) is 0 Å². The SMILES string of the molecule is CN(C)C(=O)COc1ccc2c(c1)CC(NC[C@H](O)c1ccc(O)c(NS(C)(=O)=O)c1)CCC2.Cl. The first kappa shape index (κ1) is 28.7. The molecule has 0 saturated carbocycles. The second kappa shape index (κ2) is 12.4. The van der Waals surface area contributed by atoms with E-state index in [1.807, 2.05) is 12.1 Å². The number of phenols is 1. The molecule has 2 aromatic carbocycles. The molecule has 0 aliphatic heterocycles. The van der Waals surface area contributed by atoms with Crippen molar-refractivity contribution in [2.24, 2.45) is 0 Å². The van der Waals surface area contributed by atoms with Crippen molar-refractivity contribution in [1.82, 2.24) is 10.2 Å². The number of carbonyl (C=O) groups excluding carboxylic acids is 1. The molecule has 11 heteroatoms. The zero-order valence-electron chi connectivity index (χ0n) is 20.2. The zero-order valence-corrected chi connectivity index (χ0v) is 21.8. The number of likely N-dealkylation sites (N-methyl/N-ethyl adjacent to an activating group) is 1. The number of carbonyl (C=O) groups is 1. The molecule has 35 heavy (non-hydrogen) atoms. The van der Waals surface area contributed by atoms with Crippen molar-refractivity contribution in [2.75, 3.05) is 38.2 Å². The first-order valence-corrected chi connectivity index (χ1v) is 13.1. The standard InChI is InChI=1S/C24H33N3O6S.ClH/c1-27(2)24(30)15-33-20-9-7-16-5-4-6-19(11-18(16)12-20)25-14-23(29)17-8-10-22(28)21(13-17)26-34(3,31)32;/h7-10,12-13,19,23,25-26,28-29H,4-6,11,14-15H2,1-3H3;1H/t19?,23-;/m0./s1. The first-order chi connectivity index (χ1) is 16.0. The lowest BCUT2D eigenvalue weighted by Crippen LogP contribution is -2.34. The van der Waals surface area contributed by atoms with Crippen LogP contribution < -0.4 is 14.8 Å². The fraction of sp³-hybridized carbons (Fsp3) is 0.458. The number of fused-ring (bicyclic) bond motifs is 1. The number of amides is 1. The van der Waals surface area contributed by atoms with Gasteiger partial charge in [-0.25, -0.2) is 8.42 Å². The van der Waals surface area contributed by atoms with Crippen LogP contribution >= 0.6 is 12.4 Å². The van der Waals surface area contributed by atoms with Crippen LogP contribution in [0, 0.1) is 0 Å². The van der Waals surface area contributed by atoms with Crippen molar-refractivity contribution in [3.8, 4) is 11.5 Å². The molecule has 194 valence electrons. The molecular weight excluding hydrogens is 494 g/mol. The molecule has 0 saturated heterocycles. The highest BCUT2D eigenvalue weighted by Crippen LogP contribution is 2.29. The van der Waals surface area contributed by atoms with Gasteiger partial charge in [0.1, 0.15) is 11.5 Å². The molecule has 3 rings (SSSR count). The van der Waals surface area contributed by atoms with Crippen LogP contribution in [0.5, 0.6) is 11.5 Å². The third-order valence-corrected chi connectivity index (χ3v) is 6.40. The number of hydrogen-bond acceptors (Lipinski definition) is 7. The van der Waals surface area contributed by atoms with Crippen LogP contribution in [-0.4, -0.2) is 69.0 Å². The zero-order chi connectivity index (χ0) is 24.9. The minimum absolute atomic E-state index is 0. The number of phenolic OH excluding ortho intramolecular Hbond substituents is 1. The summed E-state index contributed by atoms with van der Waals surface area (Å²) in [6.45, 7) is 0.263. The predicted octanol–water partition coefficient (Wildman–Crippen LogP) is 2.22. The average Bonchev–Trinajstić information content (AvgIpc) is 2.97. The molecule has 0 heterocycles. The first-order valence-electron chi connectivity index (χ1n) is 11.2. The van der Waals surface area contributed by atoms with Gasteiger partial charge in [-0.2, -0.15) is 0 Å². The molecule has 2 atom stereocenters. The van der Waals surface area contributed by atoms with Gasteiger partial charge in [0.15, 0.2) is 6.61 Å². The van der Waals surface area contributed by atoms with Gasteiger partial charge in [-0.05, 0) is 66.6 Å². The maximum atomic E-state index is 11.8. The molecule has 0 aromatic heterocycles. The van der Waals surface area contributed by atoms with E-state index < -0.39 is 16.1 Å². The molecular formula is C24H34ClN3O6S. The van der Waals surface area contributed by atoms with E-state index in [-0.39, 0.29) is 48.9 Å². The lowest BCUT2D eigenvalue weighted by molar-refractivity contribution is -0.130.